The molecule has 5 heteroatoms. The minimum absolute atomic E-state index is 0.297. The van der Waals surface area contributed by atoms with Crippen molar-refractivity contribution in [3.8, 4) is 0 Å². The highest BCUT2D eigenvalue weighted by Gasteiger charge is 2.37. The van der Waals surface area contributed by atoms with Crippen molar-refractivity contribution in [1.82, 2.24) is 10.4 Å². The Morgan fingerprint density at radius 2 is 2.41 bits per heavy atom. The summed E-state index contributed by atoms with van der Waals surface area (Å²) in [6, 6.07) is 5.58. The molecule has 1 unspecified atom stereocenters. The van der Waals surface area contributed by atoms with Crippen LogP contribution in [0.3, 0.4) is 0 Å². The van der Waals surface area contributed by atoms with E-state index in [1.807, 2.05) is 18.2 Å². The van der Waals surface area contributed by atoms with Gasteiger partial charge >= 0.3 is 5.97 Å². The summed E-state index contributed by atoms with van der Waals surface area (Å²) in [5.41, 5.74) is 2.23. The van der Waals surface area contributed by atoms with E-state index in [9.17, 15) is 4.79 Å². The molecular weight excluding hydrogens is 218 g/mol. The fraction of sp³-hybridized carbons (Fsp3) is 0.333. The predicted molar refractivity (Wildman–Crippen MR) is 64.0 cm³/mol. The maximum absolute atomic E-state index is 11.8. The van der Waals surface area contributed by atoms with Crippen LogP contribution in [0.4, 0.5) is 5.82 Å². The van der Waals surface area contributed by atoms with Crippen molar-refractivity contribution < 1.29 is 9.53 Å². The third-order valence-corrected chi connectivity index (χ3v) is 2.51. The van der Waals surface area contributed by atoms with E-state index in [1.54, 1.807) is 37.3 Å². The average molecular weight is 233 g/mol. The molecule has 17 heavy (non-hydrogen) atoms. The normalized spacial score (nSPS) is 22.8. The van der Waals surface area contributed by atoms with Crippen LogP contribution in [0.5, 0.6) is 0 Å². The lowest BCUT2D eigenvalue weighted by Crippen LogP contribution is -2.51. The Hall–Kier alpha value is -1.88. The first-order valence-electron chi connectivity index (χ1n) is 5.50. The van der Waals surface area contributed by atoms with Crippen LogP contribution in [0.15, 0.2) is 36.7 Å². The first-order chi connectivity index (χ1) is 8.15. The summed E-state index contributed by atoms with van der Waals surface area (Å²) in [4.78, 5) is 16.0. The maximum atomic E-state index is 11.8. The average Bonchev–Trinajstić information content (AvgIpc) is 2.75. The van der Waals surface area contributed by atoms with E-state index in [0.717, 1.165) is 5.82 Å². The highest BCUT2D eigenvalue weighted by molar-refractivity contribution is 5.84. The van der Waals surface area contributed by atoms with E-state index in [0.29, 0.717) is 6.61 Å². The van der Waals surface area contributed by atoms with Gasteiger partial charge in [-0.2, -0.15) is 0 Å². The summed E-state index contributed by atoms with van der Waals surface area (Å²) in [7, 11) is 0. The van der Waals surface area contributed by atoms with Gasteiger partial charge in [0.25, 0.3) is 0 Å². The monoisotopic (exact) mass is 233 g/mol. The number of esters is 1. The van der Waals surface area contributed by atoms with Crippen LogP contribution in [0.2, 0.25) is 0 Å². The van der Waals surface area contributed by atoms with E-state index in [1.165, 1.54) is 0 Å². The molecule has 5 nitrogen and oxygen atoms in total. The molecule has 1 aliphatic rings. The molecule has 1 aromatic heterocycles. The van der Waals surface area contributed by atoms with Gasteiger partial charge in [-0.05, 0) is 32.1 Å². The van der Waals surface area contributed by atoms with Crippen LogP contribution in [0.25, 0.3) is 0 Å². The minimum atomic E-state index is -0.826. The van der Waals surface area contributed by atoms with Gasteiger partial charge in [0, 0.05) is 12.4 Å². The largest absolute Gasteiger partial charge is 0.464 e. The molecule has 0 bridgehead atoms. The summed E-state index contributed by atoms with van der Waals surface area (Å²) in [5.74, 6) is 0.437. The SMILES string of the molecule is CCOC(=O)C1(C)C=CN(c2ccccn2)N1. The van der Waals surface area contributed by atoms with E-state index < -0.39 is 5.54 Å². The Labute approximate surface area is 100 Å². The summed E-state index contributed by atoms with van der Waals surface area (Å²) < 4.78 is 5.01. The van der Waals surface area contributed by atoms with Gasteiger partial charge in [-0.25, -0.2) is 15.2 Å². The quantitative estimate of drug-likeness (QED) is 0.796. The lowest BCUT2D eigenvalue weighted by atomic mass is 10.1. The zero-order valence-corrected chi connectivity index (χ0v) is 9.88. The molecule has 0 amide bonds. The number of aromatic nitrogens is 1. The lowest BCUT2D eigenvalue weighted by Gasteiger charge is -2.24. The summed E-state index contributed by atoms with van der Waals surface area (Å²) in [5, 5.41) is 1.71. The number of hydrogen-bond donors (Lipinski definition) is 1. The molecule has 0 saturated carbocycles. The fourth-order valence-electron chi connectivity index (χ4n) is 1.57. The number of nitrogens with zero attached hydrogens (tertiary/aromatic N) is 2. The maximum Gasteiger partial charge on any atom is 0.331 e. The number of carbonyl (C=O) groups is 1. The van der Waals surface area contributed by atoms with E-state index in [4.69, 9.17) is 4.74 Å². The van der Waals surface area contributed by atoms with Crippen molar-refractivity contribution in [1.29, 1.82) is 0 Å². The number of nitrogens with one attached hydrogen (secondary N) is 1. The highest BCUT2D eigenvalue weighted by Crippen LogP contribution is 2.20. The molecule has 90 valence electrons. The van der Waals surface area contributed by atoms with Crippen molar-refractivity contribution in [2.75, 3.05) is 11.6 Å². The van der Waals surface area contributed by atoms with Crippen LogP contribution in [0.1, 0.15) is 13.8 Å². The van der Waals surface area contributed by atoms with E-state index >= 15 is 0 Å². The number of hydrazine groups is 1. The Morgan fingerprint density at radius 3 is 3.06 bits per heavy atom. The van der Waals surface area contributed by atoms with Crippen LogP contribution in [0, 0.1) is 0 Å². The van der Waals surface area contributed by atoms with Gasteiger partial charge in [0.1, 0.15) is 5.82 Å². The Balaban J connectivity index is 2.11. The van der Waals surface area contributed by atoms with Gasteiger partial charge in [-0.15, -0.1) is 0 Å². The second kappa shape index (κ2) is 4.55. The number of carbonyl (C=O) groups excluding carboxylic acids is 1. The Kier molecular flexibility index (Phi) is 3.10. The van der Waals surface area contributed by atoms with Crippen LogP contribution >= 0.6 is 0 Å². The standard InChI is InChI=1S/C12H15N3O2/c1-3-17-11(16)12(2)7-9-15(14-12)10-6-4-5-8-13-10/h4-9,14H,3H2,1-2H3. The first-order valence-corrected chi connectivity index (χ1v) is 5.50. The summed E-state index contributed by atoms with van der Waals surface area (Å²) in [6.07, 6.45) is 5.24. The molecule has 1 aliphatic heterocycles. The second-order valence-corrected chi connectivity index (χ2v) is 3.91. The van der Waals surface area contributed by atoms with Crippen molar-refractivity contribution in [3.63, 3.8) is 0 Å². The molecule has 2 heterocycles. The fourth-order valence-corrected chi connectivity index (χ4v) is 1.57. The van der Waals surface area contributed by atoms with Crippen LogP contribution in [-0.2, 0) is 9.53 Å². The molecule has 0 aromatic carbocycles. The summed E-state index contributed by atoms with van der Waals surface area (Å²) in [6.45, 7) is 3.93. The number of anilines is 1. The number of hydrogen-bond acceptors (Lipinski definition) is 5. The van der Waals surface area contributed by atoms with E-state index in [-0.39, 0.29) is 5.97 Å². The zero-order chi connectivity index (χ0) is 12.3. The molecular formula is C12H15N3O2. The molecule has 1 aromatic rings. The molecule has 2 rings (SSSR count). The van der Waals surface area contributed by atoms with Gasteiger partial charge in [0.05, 0.1) is 6.61 Å². The van der Waals surface area contributed by atoms with Crippen LogP contribution in [-0.4, -0.2) is 23.1 Å². The topological polar surface area (TPSA) is 54.5 Å². The number of pyridine rings is 1. The smallest absolute Gasteiger partial charge is 0.331 e. The lowest BCUT2D eigenvalue weighted by molar-refractivity contribution is -0.148. The van der Waals surface area contributed by atoms with Gasteiger partial charge in [0.2, 0.25) is 0 Å². The molecule has 0 fully saturated rings. The van der Waals surface area contributed by atoms with Crippen molar-refractivity contribution in [2.24, 2.45) is 0 Å². The summed E-state index contributed by atoms with van der Waals surface area (Å²) >= 11 is 0. The number of rotatable bonds is 3. The van der Waals surface area contributed by atoms with Crippen LogP contribution < -0.4 is 10.4 Å². The molecule has 1 N–H and O–H groups in total. The van der Waals surface area contributed by atoms with Crippen molar-refractivity contribution >= 4 is 11.8 Å². The minimum Gasteiger partial charge on any atom is -0.464 e. The van der Waals surface area contributed by atoms with Gasteiger partial charge < -0.3 is 4.74 Å². The first kappa shape index (κ1) is 11.6. The van der Waals surface area contributed by atoms with Crippen molar-refractivity contribution in [2.45, 2.75) is 19.4 Å². The Bertz CT molecular complexity index is 433. The van der Waals surface area contributed by atoms with Gasteiger partial charge in [-0.3, -0.25) is 5.01 Å². The Morgan fingerprint density at radius 1 is 1.59 bits per heavy atom. The number of ether oxygens (including phenoxy) is 1. The van der Waals surface area contributed by atoms with Gasteiger partial charge in [-0.1, -0.05) is 6.07 Å². The zero-order valence-electron chi connectivity index (χ0n) is 9.88. The highest BCUT2D eigenvalue weighted by atomic mass is 16.5. The third kappa shape index (κ3) is 2.29. The molecule has 0 aliphatic carbocycles. The third-order valence-electron chi connectivity index (χ3n) is 2.51. The molecule has 1 atom stereocenters. The molecule has 0 radical (unpaired) electrons. The second-order valence-electron chi connectivity index (χ2n) is 3.91. The van der Waals surface area contributed by atoms with E-state index in [2.05, 4.69) is 10.4 Å². The molecule has 0 saturated heterocycles. The van der Waals surface area contributed by atoms with Crippen molar-refractivity contribution in [3.05, 3.63) is 36.7 Å². The predicted octanol–water partition coefficient (Wildman–Crippen LogP) is 1.24. The van der Waals surface area contributed by atoms with Gasteiger partial charge in [0.15, 0.2) is 5.54 Å². The molecule has 0 spiro atoms.